The number of hydrogen-bond donors (Lipinski definition) is 0. The first-order valence-electron chi connectivity index (χ1n) is 6.83. The van der Waals surface area contributed by atoms with Gasteiger partial charge in [-0.25, -0.2) is 4.79 Å². The van der Waals surface area contributed by atoms with Gasteiger partial charge in [0.15, 0.2) is 11.5 Å². The summed E-state index contributed by atoms with van der Waals surface area (Å²) in [6.07, 6.45) is 7.10. The molecule has 0 unspecified atom stereocenters. The summed E-state index contributed by atoms with van der Waals surface area (Å²) in [6, 6.07) is 5.71. The lowest BCUT2D eigenvalue weighted by atomic mass is 9.99. The van der Waals surface area contributed by atoms with Crippen molar-refractivity contribution in [3.05, 3.63) is 35.4 Å². The Bertz CT molecular complexity index is 489. The first-order chi connectivity index (χ1) is 9.26. The third-order valence-electron chi connectivity index (χ3n) is 3.32. The summed E-state index contributed by atoms with van der Waals surface area (Å²) in [5, 5.41) is 0. The van der Waals surface area contributed by atoms with Gasteiger partial charge in [0, 0.05) is 17.6 Å². The van der Waals surface area contributed by atoms with Gasteiger partial charge >= 0.3 is 5.97 Å². The zero-order valence-corrected chi connectivity index (χ0v) is 11.6. The predicted octanol–water partition coefficient (Wildman–Crippen LogP) is 3.66. The van der Waals surface area contributed by atoms with Crippen LogP contribution in [0, 0.1) is 0 Å². The monoisotopic (exact) mass is 260 g/mol. The lowest BCUT2D eigenvalue weighted by Gasteiger charge is -2.20. The van der Waals surface area contributed by atoms with E-state index in [1.807, 2.05) is 24.3 Å². The van der Waals surface area contributed by atoms with Crippen LogP contribution in [0.4, 0.5) is 0 Å². The van der Waals surface area contributed by atoms with E-state index in [9.17, 15) is 4.79 Å². The summed E-state index contributed by atoms with van der Waals surface area (Å²) in [5.41, 5.74) is 1.78. The number of ether oxygens (including phenoxy) is 2. The molecule has 102 valence electrons. The van der Waals surface area contributed by atoms with E-state index in [0.717, 1.165) is 24.0 Å². The highest BCUT2D eigenvalue weighted by molar-refractivity contribution is 5.93. The summed E-state index contributed by atoms with van der Waals surface area (Å²) in [7, 11) is 1.58. The molecule has 0 N–H and O–H groups in total. The molecule has 0 radical (unpaired) electrons. The number of para-hydroxylation sites is 1. The summed E-state index contributed by atoms with van der Waals surface area (Å²) in [5.74, 6) is 0.949. The van der Waals surface area contributed by atoms with Crippen molar-refractivity contribution in [2.75, 3.05) is 7.11 Å². The molecule has 0 aromatic heterocycles. The van der Waals surface area contributed by atoms with E-state index in [0.29, 0.717) is 17.9 Å². The lowest BCUT2D eigenvalue weighted by Crippen LogP contribution is -2.20. The molecule has 19 heavy (non-hydrogen) atoms. The van der Waals surface area contributed by atoms with Crippen LogP contribution < -0.4 is 9.47 Å². The Morgan fingerprint density at radius 3 is 2.95 bits per heavy atom. The molecule has 0 amide bonds. The molecular formula is C16H20O3. The van der Waals surface area contributed by atoms with E-state index in [4.69, 9.17) is 9.47 Å². The van der Waals surface area contributed by atoms with Crippen LogP contribution in [0.3, 0.4) is 0 Å². The molecule has 0 atom stereocenters. The van der Waals surface area contributed by atoms with E-state index < -0.39 is 0 Å². The lowest BCUT2D eigenvalue weighted by molar-refractivity contribution is -0.131. The largest absolute Gasteiger partial charge is 0.493 e. The van der Waals surface area contributed by atoms with E-state index in [1.165, 1.54) is 12.8 Å². The zero-order valence-electron chi connectivity index (χ0n) is 11.6. The van der Waals surface area contributed by atoms with Crippen molar-refractivity contribution in [1.82, 2.24) is 0 Å². The standard InChI is InChI=1S/C16H20O3/c1-3-4-5-6-8-13-11-12-9-7-10-14(18-2)15(12)19-16(13)17/h7-10H,3-6,11H2,1-2H3/b13-8+. The van der Waals surface area contributed by atoms with Gasteiger partial charge in [-0.1, -0.05) is 38.0 Å². The number of benzene rings is 1. The molecule has 1 heterocycles. The van der Waals surface area contributed by atoms with Crippen LogP contribution in [0.25, 0.3) is 0 Å². The van der Waals surface area contributed by atoms with Crippen LogP contribution in [0.2, 0.25) is 0 Å². The smallest absolute Gasteiger partial charge is 0.339 e. The molecule has 0 aliphatic carbocycles. The Kier molecular flexibility index (Phi) is 4.61. The third kappa shape index (κ3) is 3.16. The molecule has 0 fully saturated rings. The first kappa shape index (κ1) is 13.7. The highest BCUT2D eigenvalue weighted by Crippen LogP contribution is 2.36. The van der Waals surface area contributed by atoms with Crippen LogP contribution in [0.5, 0.6) is 11.5 Å². The number of rotatable bonds is 5. The van der Waals surface area contributed by atoms with E-state index in [1.54, 1.807) is 7.11 Å². The van der Waals surface area contributed by atoms with Crippen LogP contribution in [0.15, 0.2) is 29.8 Å². The molecule has 1 aromatic carbocycles. The number of hydrogen-bond acceptors (Lipinski definition) is 3. The Balaban J connectivity index is 2.13. The Morgan fingerprint density at radius 2 is 2.21 bits per heavy atom. The molecule has 2 rings (SSSR count). The molecule has 1 aliphatic rings. The zero-order chi connectivity index (χ0) is 13.7. The maximum Gasteiger partial charge on any atom is 0.339 e. The number of carbonyl (C=O) groups excluding carboxylic acids is 1. The SMILES string of the molecule is CCCCC/C=C1\Cc2cccc(OC)c2OC1=O. The fourth-order valence-corrected chi connectivity index (χ4v) is 2.24. The van der Waals surface area contributed by atoms with Gasteiger partial charge in [0.25, 0.3) is 0 Å². The second-order valence-corrected chi connectivity index (χ2v) is 4.74. The van der Waals surface area contributed by atoms with Crippen LogP contribution in [-0.4, -0.2) is 13.1 Å². The van der Waals surface area contributed by atoms with Crippen molar-refractivity contribution in [2.45, 2.75) is 39.0 Å². The van der Waals surface area contributed by atoms with Gasteiger partial charge in [0.2, 0.25) is 0 Å². The summed E-state index contributed by atoms with van der Waals surface area (Å²) < 4.78 is 10.6. The number of fused-ring (bicyclic) bond motifs is 1. The van der Waals surface area contributed by atoms with Gasteiger partial charge in [0.1, 0.15) is 0 Å². The van der Waals surface area contributed by atoms with Crippen molar-refractivity contribution in [3.63, 3.8) is 0 Å². The minimum Gasteiger partial charge on any atom is -0.493 e. The second kappa shape index (κ2) is 6.41. The number of allylic oxidation sites excluding steroid dienone is 1. The van der Waals surface area contributed by atoms with E-state index in [2.05, 4.69) is 6.92 Å². The maximum absolute atomic E-state index is 11.9. The molecule has 3 heteroatoms. The van der Waals surface area contributed by atoms with Crippen LogP contribution >= 0.6 is 0 Å². The summed E-state index contributed by atoms with van der Waals surface area (Å²) in [6.45, 7) is 2.17. The van der Waals surface area contributed by atoms with Gasteiger partial charge in [-0.3, -0.25) is 0 Å². The van der Waals surface area contributed by atoms with Crippen molar-refractivity contribution in [1.29, 1.82) is 0 Å². The highest BCUT2D eigenvalue weighted by atomic mass is 16.6. The van der Waals surface area contributed by atoms with Crippen molar-refractivity contribution >= 4 is 5.97 Å². The third-order valence-corrected chi connectivity index (χ3v) is 3.32. The highest BCUT2D eigenvalue weighted by Gasteiger charge is 2.24. The van der Waals surface area contributed by atoms with Gasteiger partial charge in [-0.15, -0.1) is 0 Å². The number of methoxy groups -OCH3 is 1. The Labute approximate surface area is 114 Å². The average molecular weight is 260 g/mol. The quantitative estimate of drug-likeness (QED) is 0.351. The minimum absolute atomic E-state index is 0.242. The van der Waals surface area contributed by atoms with E-state index in [-0.39, 0.29) is 5.97 Å². The predicted molar refractivity (Wildman–Crippen MR) is 74.6 cm³/mol. The number of unbranched alkanes of at least 4 members (excludes halogenated alkanes) is 3. The van der Waals surface area contributed by atoms with Gasteiger partial charge < -0.3 is 9.47 Å². The fraction of sp³-hybridized carbons (Fsp3) is 0.438. The topological polar surface area (TPSA) is 35.5 Å². The minimum atomic E-state index is -0.242. The Hall–Kier alpha value is -1.77. The van der Waals surface area contributed by atoms with Crippen molar-refractivity contribution in [2.24, 2.45) is 0 Å². The van der Waals surface area contributed by atoms with Gasteiger partial charge in [-0.05, 0) is 18.9 Å². The molecule has 0 bridgehead atoms. The number of carbonyl (C=O) groups is 1. The molecular weight excluding hydrogens is 240 g/mol. The molecule has 0 saturated carbocycles. The van der Waals surface area contributed by atoms with Crippen molar-refractivity contribution < 1.29 is 14.3 Å². The fourth-order valence-electron chi connectivity index (χ4n) is 2.24. The van der Waals surface area contributed by atoms with Gasteiger partial charge in [0.05, 0.1) is 7.11 Å². The molecule has 0 saturated heterocycles. The summed E-state index contributed by atoms with van der Waals surface area (Å²) >= 11 is 0. The van der Waals surface area contributed by atoms with Crippen molar-refractivity contribution in [3.8, 4) is 11.5 Å². The summed E-state index contributed by atoms with van der Waals surface area (Å²) in [4.78, 5) is 11.9. The maximum atomic E-state index is 11.9. The molecule has 3 nitrogen and oxygen atoms in total. The van der Waals surface area contributed by atoms with Crippen LogP contribution in [-0.2, 0) is 11.2 Å². The molecule has 0 spiro atoms. The Morgan fingerprint density at radius 1 is 1.37 bits per heavy atom. The molecule has 1 aromatic rings. The van der Waals surface area contributed by atoms with Crippen LogP contribution in [0.1, 0.15) is 38.2 Å². The normalized spacial score (nSPS) is 16.1. The number of esters is 1. The van der Waals surface area contributed by atoms with E-state index >= 15 is 0 Å². The average Bonchev–Trinajstić information content (AvgIpc) is 2.43. The van der Waals surface area contributed by atoms with Gasteiger partial charge in [-0.2, -0.15) is 0 Å². The molecule has 1 aliphatic heterocycles. The first-order valence-corrected chi connectivity index (χ1v) is 6.83. The second-order valence-electron chi connectivity index (χ2n) is 4.74.